The molecule has 0 atom stereocenters. The van der Waals surface area contributed by atoms with Gasteiger partial charge in [-0.1, -0.05) is 5.16 Å². The largest absolute Gasteiger partial charge is 0.480 e. The summed E-state index contributed by atoms with van der Waals surface area (Å²) in [4.78, 5) is 22.3. The average molecular weight is 212 g/mol. The summed E-state index contributed by atoms with van der Waals surface area (Å²) in [5.74, 6) is -1.62. The van der Waals surface area contributed by atoms with Crippen molar-refractivity contribution in [3.8, 4) is 0 Å². The standard InChI is InChI=1S/C9H12N2O4/c1-5-6(4-15-11-5)7(12)10-9(2,3)8(13)14/h4H,1-3H3,(H,10,12)(H,13,14). The van der Waals surface area contributed by atoms with Gasteiger partial charge in [-0.2, -0.15) is 0 Å². The Hall–Kier alpha value is -1.85. The number of carboxylic acids is 1. The molecule has 0 fully saturated rings. The summed E-state index contributed by atoms with van der Waals surface area (Å²) in [6.07, 6.45) is 1.18. The van der Waals surface area contributed by atoms with Crippen molar-refractivity contribution in [3.63, 3.8) is 0 Å². The second-order valence-electron chi connectivity index (χ2n) is 3.70. The number of aliphatic carboxylic acids is 1. The molecule has 1 aromatic rings. The average Bonchev–Trinajstić information content (AvgIpc) is 2.50. The topological polar surface area (TPSA) is 92.4 Å². The number of aromatic nitrogens is 1. The zero-order valence-electron chi connectivity index (χ0n) is 8.70. The Morgan fingerprint density at radius 1 is 1.53 bits per heavy atom. The van der Waals surface area contributed by atoms with Crippen LogP contribution in [0.3, 0.4) is 0 Å². The van der Waals surface area contributed by atoms with E-state index in [0.717, 1.165) is 0 Å². The van der Waals surface area contributed by atoms with Crippen LogP contribution in [0.25, 0.3) is 0 Å². The molecule has 6 nitrogen and oxygen atoms in total. The lowest BCUT2D eigenvalue weighted by molar-refractivity contribution is -0.143. The van der Waals surface area contributed by atoms with Crippen LogP contribution in [0.5, 0.6) is 0 Å². The highest BCUT2D eigenvalue weighted by molar-refractivity contribution is 5.98. The minimum absolute atomic E-state index is 0.240. The fourth-order valence-electron chi connectivity index (χ4n) is 0.915. The SMILES string of the molecule is Cc1nocc1C(=O)NC(C)(C)C(=O)O. The van der Waals surface area contributed by atoms with Crippen molar-refractivity contribution in [1.29, 1.82) is 0 Å². The van der Waals surface area contributed by atoms with Crippen molar-refractivity contribution >= 4 is 11.9 Å². The molecule has 6 heteroatoms. The number of carbonyl (C=O) groups is 2. The number of aryl methyl sites for hydroxylation is 1. The molecule has 0 aromatic carbocycles. The van der Waals surface area contributed by atoms with Gasteiger partial charge >= 0.3 is 5.97 Å². The van der Waals surface area contributed by atoms with Gasteiger partial charge in [-0.25, -0.2) is 4.79 Å². The lowest BCUT2D eigenvalue weighted by atomic mass is 10.1. The van der Waals surface area contributed by atoms with Crippen molar-refractivity contribution in [2.75, 3.05) is 0 Å². The number of rotatable bonds is 3. The van der Waals surface area contributed by atoms with Crippen molar-refractivity contribution in [2.24, 2.45) is 0 Å². The monoisotopic (exact) mass is 212 g/mol. The van der Waals surface area contributed by atoms with Crippen LogP contribution in [0.1, 0.15) is 29.9 Å². The maximum Gasteiger partial charge on any atom is 0.328 e. The number of nitrogens with one attached hydrogen (secondary N) is 1. The summed E-state index contributed by atoms with van der Waals surface area (Å²) in [6, 6.07) is 0. The van der Waals surface area contributed by atoms with Crippen LogP contribution in [0.4, 0.5) is 0 Å². The number of hydrogen-bond acceptors (Lipinski definition) is 4. The Morgan fingerprint density at radius 2 is 2.13 bits per heavy atom. The lowest BCUT2D eigenvalue weighted by Crippen LogP contribution is -2.49. The second kappa shape index (κ2) is 3.72. The quantitative estimate of drug-likeness (QED) is 0.764. The van der Waals surface area contributed by atoms with Gasteiger partial charge in [0.15, 0.2) is 0 Å². The van der Waals surface area contributed by atoms with Crippen molar-refractivity contribution < 1.29 is 19.2 Å². The third-order valence-corrected chi connectivity index (χ3v) is 1.96. The van der Waals surface area contributed by atoms with Gasteiger partial charge in [0.1, 0.15) is 17.4 Å². The summed E-state index contributed by atoms with van der Waals surface area (Å²) < 4.78 is 4.58. The van der Waals surface area contributed by atoms with Gasteiger partial charge in [-0.15, -0.1) is 0 Å². The molecule has 82 valence electrons. The van der Waals surface area contributed by atoms with E-state index in [4.69, 9.17) is 5.11 Å². The van der Waals surface area contributed by atoms with E-state index in [-0.39, 0.29) is 5.56 Å². The second-order valence-corrected chi connectivity index (χ2v) is 3.70. The Balaban J connectivity index is 2.81. The molecule has 1 rings (SSSR count). The van der Waals surface area contributed by atoms with Gasteiger partial charge in [-0.3, -0.25) is 4.79 Å². The normalized spacial score (nSPS) is 11.1. The predicted molar refractivity (Wildman–Crippen MR) is 50.4 cm³/mol. The van der Waals surface area contributed by atoms with Crippen LogP contribution >= 0.6 is 0 Å². The number of hydrogen-bond donors (Lipinski definition) is 2. The molecule has 1 heterocycles. The minimum Gasteiger partial charge on any atom is -0.480 e. The van der Waals surface area contributed by atoms with Crippen molar-refractivity contribution in [2.45, 2.75) is 26.3 Å². The summed E-state index contributed by atoms with van der Waals surface area (Å²) in [5.41, 5.74) is -0.654. The molecule has 15 heavy (non-hydrogen) atoms. The fourth-order valence-corrected chi connectivity index (χ4v) is 0.915. The minimum atomic E-state index is -1.32. The zero-order valence-corrected chi connectivity index (χ0v) is 8.70. The molecule has 1 amide bonds. The summed E-state index contributed by atoms with van der Waals surface area (Å²) in [6.45, 7) is 4.40. The molecule has 0 aliphatic rings. The highest BCUT2D eigenvalue weighted by Gasteiger charge is 2.30. The summed E-state index contributed by atoms with van der Waals surface area (Å²) in [7, 11) is 0. The predicted octanol–water partition coefficient (Wildman–Crippen LogP) is 0.576. The Labute approximate surface area is 86.3 Å². The van der Waals surface area contributed by atoms with Crippen LogP contribution in [0.15, 0.2) is 10.8 Å². The Bertz CT molecular complexity index is 395. The molecule has 0 bridgehead atoms. The smallest absolute Gasteiger partial charge is 0.328 e. The van der Waals surface area contributed by atoms with Crippen LogP contribution in [-0.2, 0) is 4.79 Å². The van der Waals surface area contributed by atoms with E-state index < -0.39 is 17.4 Å². The molecular formula is C9H12N2O4. The summed E-state index contributed by atoms with van der Waals surface area (Å²) in [5, 5.41) is 14.7. The number of amides is 1. The van der Waals surface area contributed by atoms with Gasteiger partial charge in [-0.05, 0) is 20.8 Å². The first kappa shape index (κ1) is 11.2. The first-order valence-corrected chi connectivity index (χ1v) is 4.31. The summed E-state index contributed by atoms with van der Waals surface area (Å²) >= 11 is 0. The highest BCUT2D eigenvalue weighted by atomic mass is 16.5. The first-order chi connectivity index (χ1) is 6.84. The molecule has 1 aromatic heterocycles. The number of carbonyl (C=O) groups excluding carboxylic acids is 1. The van der Waals surface area contributed by atoms with Crippen molar-refractivity contribution in [1.82, 2.24) is 10.5 Å². The van der Waals surface area contributed by atoms with E-state index in [0.29, 0.717) is 5.69 Å². The highest BCUT2D eigenvalue weighted by Crippen LogP contribution is 2.08. The fraction of sp³-hybridized carbons (Fsp3) is 0.444. The van der Waals surface area contributed by atoms with Crippen LogP contribution in [-0.4, -0.2) is 27.7 Å². The maximum absolute atomic E-state index is 11.6. The van der Waals surface area contributed by atoms with E-state index in [1.807, 2.05) is 0 Å². The van der Waals surface area contributed by atoms with Gasteiger partial charge in [0, 0.05) is 0 Å². The van der Waals surface area contributed by atoms with Crippen LogP contribution < -0.4 is 5.32 Å². The molecule has 2 N–H and O–H groups in total. The van der Waals surface area contributed by atoms with E-state index in [1.165, 1.54) is 20.1 Å². The molecule has 0 saturated carbocycles. The molecule has 0 aliphatic carbocycles. The van der Waals surface area contributed by atoms with E-state index >= 15 is 0 Å². The van der Waals surface area contributed by atoms with Gasteiger partial charge in [0.2, 0.25) is 0 Å². The molecule has 0 aliphatic heterocycles. The van der Waals surface area contributed by atoms with Gasteiger partial charge < -0.3 is 14.9 Å². The van der Waals surface area contributed by atoms with E-state index in [1.54, 1.807) is 6.92 Å². The number of nitrogens with zero attached hydrogens (tertiary/aromatic N) is 1. The third kappa shape index (κ3) is 2.34. The zero-order chi connectivity index (χ0) is 11.6. The van der Waals surface area contributed by atoms with Crippen LogP contribution in [0, 0.1) is 6.92 Å². The maximum atomic E-state index is 11.6. The third-order valence-electron chi connectivity index (χ3n) is 1.96. The van der Waals surface area contributed by atoms with E-state index in [2.05, 4.69) is 15.0 Å². The first-order valence-electron chi connectivity index (χ1n) is 4.31. The van der Waals surface area contributed by atoms with Gasteiger partial charge in [0.05, 0.1) is 5.69 Å². The van der Waals surface area contributed by atoms with Gasteiger partial charge in [0.25, 0.3) is 5.91 Å². The molecular weight excluding hydrogens is 200 g/mol. The number of carboxylic acid groups (broad SMARTS) is 1. The molecule has 0 unspecified atom stereocenters. The molecule has 0 spiro atoms. The Morgan fingerprint density at radius 3 is 2.53 bits per heavy atom. The Kier molecular flexibility index (Phi) is 2.78. The lowest BCUT2D eigenvalue weighted by Gasteiger charge is -2.20. The molecule has 0 saturated heterocycles. The molecule has 0 radical (unpaired) electrons. The van der Waals surface area contributed by atoms with E-state index in [9.17, 15) is 9.59 Å². The van der Waals surface area contributed by atoms with Crippen molar-refractivity contribution in [3.05, 3.63) is 17.5 Å². The van der Waals surface area contributed by atoms with Crippen LogP contribution in [0.2, 0.25) is 0 Å².